The monoisotopic (exact) mass is 979 g/mol. The number of allylic oxidation sites excluding steroid dienone is 8. The van der Waals surface area contributed by atoms with Crippen molar-refractivity contribution in [3.05, 3.63) is 256 Å². The standard InChI is InChI=1S/C70H66N4O/c1-8-42-18-17-23-47(36-42)71(45-19-11-9-12-20-45)58-34-31-51-55-40-61-54(41-62(55)74-60-38-44(70(5,6)7)26-29-53(60)65(58)67(51)74)52-32-35-59(66-56-37-43(69(2,3)4)27-33-57(56)73(61)68(52)66)72(46-21-13-10-14-22-46)48-28-30-50-49-24-15-16-25-63(49)75-64(50)39-48/h9-41,49,52-53,55-57,60,62-63,68H,8H2,1-7H3. The molecule has 10 atom stereocenters. The van der Waals surface area contributed by atoms with Gasteiger partial charge in [-0.2, -0.15) is 0 Å². The summed E-state index contributed by atoms with van der Waals surface area (Å²) in [7, 11) is 0. The number of fused-ring (bicyclic) bond motifs is 15. The Morgan fingerprint density at radius 3 is 1.97 bits per heavy atom. The van der Waals surface area contributed by atoms with Crippen LogP contribution in [0.5, 0.6) is 5.75 Å². The normalized spacial score (nSPS) is 28.3. The lowest BCUT2D eigenvalue weighted by molar-refractivity contribution is 0.269. The molecule has 5 nitrogen and oxygen atoms in total. The topological polar surface area (TPSA) is 22.2 Å². The average molecular weight is 979 g/mol. The first kappa shape index (κ1) is 44.9. The van der Waals surface area contributed by atoms with E-state index in [1.54, 1.807) is 0 Å². The Kier molecular flexibility index (Phi) is 9.74. The van der Waals surface area contributed by atoms with E-state index in [-0.39, 0.29) is 70.7 Å². The molecule has 5 aromatic rings. The molecule has 0 radical (unpaired) electrons. The Morgan fingerprint density at radius 1 is 0.520 bits per heavy atom. The predicted octanol–water partition coefficient (Wildman–Crippen LogP) is 16.3. The van der Waals surface area contributed by atoms with Gasteiger partial charge < -0.3 is 24.3 Å². The lowest BCUT2D eigenvalue weighted by Crippen LogP contribution is -2.42. The van der Waals surface area contributed by atoms with Crippen molar-refractivity contribution in [3.63, 3.8) is 0 Å². The molecular formula is C70H66N4O. The number of benzene rings is 5. The van der Waals surface area contributed by atoms with Crippen LogP contribution in [0.25, 0.3) is 0 Å². The van der Waals surface area contributed by atoms with Crippen molar-refractivity contribution in [2.24, 2.45) is 22.7 Å². The average Bonchev–Trinajstić information content (AvgIpc) is 4.43. The molecule has 15 rings (SSSR count). The zero-order valence-electron chi connectivity index (χ0n) is 44.2. The van der Waals surface area contributed by atoms with Gasteiger partial charge in [-0.05, 0) is 111 Å². The van der Waals surface area contributed by atoms with E-state index in [2.05, 4.69) is 268 Å². The number of hydrogen-bond donors (Lipinski definition) is 0. The van der Waals surface area contributed by atoms with Crippen LogP contribution in [0.15, 0.2) is 234 Å². The van der Waals surface area contributed by atoms with E-state index in [0.717, 1.165) is 23.5 Å². The summed E-state index contributed by atoms with van der Waals surface area (Å²) in [5.41, 5.74) is 21.5. The van der Waals surface area contributed by atoms with Crippen molar-refractivity contribution in [1.82, 2.24) is 4.90 Å². The van der Waals surface area contributed by atoms with E-state index in [4.69, 9.17) is 4.74 Å². The van der Waals surface area contributed by atoms with E-state index >= 15 is 0 Å². The zero-order valence-corrected chi connectivity index (χ0v) is 44.2. The molecule has 2 saturated heterocycles. The van der Waals surface area contributed by atoms with Gasteiger partial charge in [0.1, 0.15) is 11.9 Å². The molecule has 0 amide bonds. The van der Waals surface area contributed by atoms with Gasteiger partial charge in [0.25, 0.3) is 0 Å². The van der Waals surface area contributed by atoms with Gasteiger partial charge in [0.05, 0.1) is 29.9 Å². The highest BCUT2D eigenvalue weighted by Crippen LogP contribution is 2.65. The quantitative estimate of drug-likeness (QED) is 0.162. The highest BCUT2D eigenvalue weighted by Gasteiger charge is 2.59. The van der Waals surface area contributed by atoms with Gasteiger partial charge in [-0.1, -0.05) is 182 Å². The van der Waals surface area contributed by atoms with E-state index < -0.39 is 0 Å². The number of rotatable bonds is 7. The van der Waals surface area contributed by atoms with Gasteiger partial charge in [0.15, 0.2) is 0 Å². The SMILES string of the molecule is CCc1cccc(N(c2ccccc2)c2ccc3c4c2C2C=CC(C(C)(C)C)=CC2N4C2C=C4C(=CC32)N2C3C=CC(C(C)(C)C)=CC3C3=C(N(c5ccccc5)c5ccc6c(c5)OC5C=CC=CC65)C=CC4C32)c1. The van der Waals surface area contributed by atoms with Crippen LogP contribution >= 0.6 is 0 Å². The highest BCUT2D eigenvalue weighted by atomic mass is 16.5. The van der Waals surface area contributed by atoms with E-state index in [9.17, 15) is 0 Å². The second-order valence-electron chi connectivity index (χ2n) is 24.6. The second kappa shape index (κ2) is 16.3. The first-order valence-corrected chi connectivity index (χ1v) is 27.8. The van der Waals surface area contributed by atoms with Gasteiger partial charge in [0.2, 0.25) is 0 Å². The summed E-state index contributed by atoms with van der Waals surface area (Å²) in [5, 5.41) is 0. The van der Waals surface area contributed by atoms with Crippen LogP contribution in [-0.2, 0) is 6.42 Å². The molecule has 5 aliphatic heterocycles. The molecule has 10 unspecified atom stereocenters. The number of nitrogens with zero attached hydrogens (tertiary/aromatic N) is 4. The molecule has 372 valence electrons. The number of para-hydroxylation sites is 2. The number of hydrogen-bond acceptors (Lipinski definition) is 5. The molecule has 5 aromatic carbocycles. The summed E-state index contributed by atoms with van der Waals surface area (Å²) in [5.74, 6) is 2.07. The summed E-state index contributed by atoms with van der Waals surface area (Å²) < 4.78 is 6.71. The Labute approximate surface area is 443 Å². The Morgan fingerprint density at radius 2 is 1.20 bits per heavy atom. The maximum absolute atomic E-state index is 6.71. The maximum Gasteiger partial charge on any atom is 0.128 e. The van der Waals surface area contributed by atoms with Crippen molar-refractivity contribution >= 4 is 34.1 Å². The molecule has 75 heavy (non-hydrogen) atoms. The highest BCUT2D eigenvalue weighted by molar-refractivity contribution is 5.90. The predicted molar refractivity (Wildman–Crippen MR) is 309 cm³/mol. The van der Waals surface area contributed by atoms with Crippen molar-refractivity contribution in [2.75, 3.05) is 14.7 Å². The van der Waals surface area contributed by atoms with E-state index in [1.807, 2.05) is 0 Å². The van der Waals surface area contributed by atoms with Crippen molar-refractivity contribution in [2.45, 2.75) is 103 Å². The number of aryl methyl sites for hydroxylation is 1. The number of anilines is 6. The van der Waals surface area contributed by atoms with Crippen LogP contribution in [0.2, 0.25) is 0 Å². The fourth-order valence-corrected chi connectivity index (χ4v) is 14.9. The van der Waals surface area contributed by atoms with Crippen LogP contribution in [-0.4, -0.2) is 35.2 Å². The molecule has 5 heteroatoms. The van der Waals surface area contributed by atoms with Gasteiger partial charge in [-0.15, -0.1) is 0 Å². The summed E-state index contributed by atoms with van der Waals surface area (Å²) in [4.78, 5) is 10.8. The van der Waals surface area contributed by atoms with Crippen molar-refractivity contribution < 1.29 is 4.74 Å². The number of ether oxygens (including phenoxy) is 1. The minimum atomic E-state index is 0.0152. The molecular weight excluding hydrogens is 913 g/mol. The molecule has 0 aromatic heterocycles. The van der Waals surface area contributed by atoms with Crippen LogP contribution in [0, 0.1) is 22.7 Å². The maximum atomic E-state index is 6.71. The summed E-state index contributed by atoms with van der Waals surface area (Å²) in [6.45, 7) is 16.5. The van der Waals surface area contributed by atoms with E-state index in [0.29, 0.717) is 0 Å². The van der Waals surface area contributed by atoms with E-state index in [1.165, 1.54) is 78.7 Å². The fourth-order valence-electron chi connectivity index (χ4n) is 14.9. The van der Waals surface area contributed by atoms with Crippen LogP contribution < -0.4 is 19.4 Å². The Hall–Kier alpha value is -7.50. The third kappa shape index (κ3) is 6.62. The van der Waals surface area contributed by atoms with Gasteiger partial charge in [-0.3, -0.25) is 0 Å². The van der Waals surface area contributed by atoms with Gasteiger partial charge >= 0.3 is 0 Å². The molecule has 0 N–H and O–H groups in total. The third-order valence-corrected chi connectivity index (χ3v) is 18.4. The van der Waals surface area contributed by atoms with Crippen LogP contribution in [0.3, 0.4) is 0 Å². The molecule has 10 aliphatic rings. The van der Waals surface area contributed by atoms with Crippen molar-refractivity contribution in [1.29, 1.82) is 0 Å². The first-order chi connectivity index (χ1) is 36.4. The lowest BCUT2D eigenvalue weighted by Gasteiger charge is -2.38. The second-order valence-corrected chi connectivity index (χ2v) is 24.6. The smallest absolute Gasteiger partial charge is 0.128 e. The first-order valence-electron chi connectivity index (χ1n) is 27.8. The molecule has 0 saturated carbocycles. The molecule has 5 heterocycles. The summed E-state index contributed by atoms with van der Waals surface area (Å²) in [6, 6.07) is 44.0. The third-order valence-electron chi connectivity index (χ3n) is 18.4. The van der Waals surface area contributed by atoms with Crippen LogP contribution in [0.1, 0.15) is 88.5 Å². The minimum absolute atomic E-state index is 0.0152. The molecule has 2 fully saturated rings. The molecule has 0 bridgehead atoms. The van der Waals surface area contributed by atoms with Crippen LogP contribution in [0.4, 0.5) is 34.1 Å². The Bertz CT molecular complexity index is 3560. The molecule has 5 aliphatic carbocycles. The van der Waals surface area contributed by atoms with Gasteiger partial charge in [0, 0.05) is 86.6 Å². The lowest BCUT2D eigenvalue weighted by atomic mass is 9.73. The fraction of sp³-hybridized carbons (Fsp3) is 0.286. The van der Waals surface area contributed by atoms with Crippen molar-refractivity contribution in [3.8, 4) is 5.75 Å². The largest absolute Gasteiger partial charge is 0.485 e. The summed E-state index contributed by atoms with van der Waals surface area (Å²) >= 11 is 0. The minimum Gasteiger partial charge on any atom is -0.485 e. The molecule has 0 spiro atoms. The van der Waals surface area contributed by atoms with Gasteiger partial charge in [-0.25, -0.2) is 0 Å². The summed E-state index contributed by atoms with van der Waals surface area (Å²) in [6.07, 6.45) is 35.6. The Balaban J connectivity index is 0.900. The zero-order chi connectivity index (χ0) is 50.6.